The lowest BCUT2D eigenvalue weighted by Gasteiger charge is -2.49. The van der Waals surface area contributed by atoms with Gasteiger partial charge in [-0.2, -0.15) is 9.36 Å². The molecule has 2 aliphatic rings. The molecule has 2 aliphatic heterocycles. The van der Waals surface area contributed by atoms with Crippen LogP contribution in [0.2, 0.25) is 0 Å². The van der Waals surface area contributed by atoms with Crippen LogP contribution in [0.15, 0.2) is 53.1 Å². The van der Waals surface area contributed by atoms with E-state index in [4.69, 9.17) is 10.8 Å². The molecule has 198 valence electrons. The minimum absolute atomic E-state index is 0.0296. The summed E-state index contributed by atoms with van der Waals surface area (Å²) in [6, 6.07) is 1.79. The van der Waals surface area contributed by atoms with Crippen molar-refractivity contribution < 1.29 is 43.2 Å². The van der Waals surface area contributed by atoms with Crippen molar-refractivity contribution in [2.75, 3.05) is 18.3 Å². The van der Waals surface area contributed by atoms with E-state index in [0.29, 0.717) is 12.1 Å². The smallest absolute Gasteiger partial charge is 0.352 e. The molecule has 0 unspecified atom stereocenters. The van der Waals surface area contributed by atoms with Crippen LogP contribution in [0.4, 0.5) is 9.52 Å². The molecular formula is C21H19FN7O7S2+. The SMILES string of the molecule is Nc1nc(/C(=N/OCF)C(=O)N[C@@H]2C(=O)N3C(C(=O)O)=C(/C=C/C[n+]4ccc(C(=O)O)cc4)CS[C@@H]23)ns1. The third-order valence-corrected chi connectivity index (χ3v) is 7.18. The number of aromatic carboxylic acids is 1. The van der Waals surface area contributed by atoms with Crippen molar-refractivity contribution in [3.63, 3.8) is 0 Å². The minimum atomic E-state index is -1.32. The Hall–Kier alpha value is -4.38. The Morgan fingerprint density at radius 2 is 2.05 bits per heavy atom. The van der Waals surface area contributed by atoms with E-state index in [9.17, 15) is 28.7 Å². The van der Waals surface area contributed by atoms with Crippen molar-refractivity contribution in [2.24, 2.45) is 5.16 Å². The summed E-state index contributed by atoms with van der Waals surface area (Å²) in [5.74, 6) is -3.92. The number of carbonyl (C=O) groups is 4. The molecule has 38 heavy (non-hydrogen) atoms. The van der Waals surface area contributed by atoms with Crippen molar-refractivity contribution in [3.8, 4) is 0 Å². The lowest BCUT2D eigenvalue weighted by molar-refractivity contribution is -0.687. The van der Waals surface area contributed by atoms with Crippen molar-refractivity contribution >= 4 is 57.9 Å². The quantitative estimate of drug-likeness (QED) is 0.128. The monoisotopic (exact) mass is 564 g/mol. The number of oxime groups is 1. The number of nitrogens with zero attached hydrogens (tertiary/aromatic N) is 5. The predicted molar refractivity (Wildman–Crippen MR) is 130 cm³/mol. The molecule has 0 radical (unpaired) electrons. The number of carboxylic acid groups (broad SMARTS) is 2. The van der Waals surface area contributed by atoms with E-state index in [1.54, 1.807) is 29.1 Å². The molecule has 17 heteroatoms. The predicted octanol–water partition coefficient (Wildman–Crippen LogP) is -0.251. The topological polar surface area (TPSA) is 201 Å². The van der Waals surface area contributed by atoms with Crippen LogP contribution >= 0.6 is 23.3 Å². The molecule has 14 nitrogen and oxygen atoms in total. The van der Waals surface area contributed by atoms with E-state index in [-0.39, 0.29) is 28.0 Å². The van der Waals surface area contributed by atoms with Crippen LogP contribution < -0.4 is 15.6 Å². The number of nitrogen functional groups attached to an aromatic ring is 1. The van der Waals surface area contributed by atoms with Crippen molar-refractivity contribution in [1.82, 2.24) is 19.6 Å². The molecule has 0 spiro atoms. The van der Waals surface area contributed by atoms with Gasteiger partial charge in [0.25, 0.3) is 18.7 Å². The van der Waals surface area contributed by atoms with Gasteiger partial charge in [0.2, 0.25) is 11.5 Å². The molecule has 4 rings (SSSR count). The van der Waals surface area contributed by atoms with Gasteiger partial charge in [-0.05, 0) is 11.6 Å². The molecule has 0 saturated carbocycles. The largest absolute Gasteiger partial charge is 0.478 e. The van der Waals surface area contributed by atoms with Crippen LogP contribution in [0.1, 0.15) is 16.2 Å². The maximum atomic E-state index is 12.9. The first-order valence-electron chi connectivity index (χ1n) is 10.7. The van der Waals surface area contributed by atoms with Gasteiger partial charge in [0.05, 0.1) is 5.56 Å². The normalized spacial score (nSPS) is 19.2. The summed E-state index contributed by atoms with van der Waals surface area (Å²) in [5, 5.41) is 23.9. The third kappa shape index (κ3) is 5.47. The highest BCUT2D eigenvalue weighted by Crippen LogP contribution is 2.40. The average molecular weight is 565 g/mol. The number of anilines is 1. The molecule has 2 amide bonds. The van der Waals surface area contributed by atoms with Gasteiger partial charge in [-0.3, -0.25) is 14.5 Å². The van der Waals surface area contributed by atoms with E-state index in [1.807, 2.05) is 0 Å². The van der Waals surface area contributed by atoms with Crippen LogP contribution in [-0.2, 0) is 25.8 Å². The third-order valence-electron chi connectivity index (χ3n) is 5.33. The van der Waals surface area contributed by atoms with Crippen LogP contribution in [0, 0.1) is 0 Å². The number of hydrogen-bond acceptors (Lipinski definition) is 11. The number of amides is 2. The molecule has 1 saturated heterocycles. The number of rotatable bonds is 10. The van der Waals surface area contributed by atoms with Gasteiger partial charge < -0.3 is 26.1 Å². The zero-order chi connectivity index (χ0) is 27.4. The number of thioether (sulfide) groups is 1. The molecule has 0 aliphatic carbocycles. The molecule has 5 N–H and O–H groups in total. The lowest BCUT2D eigenvalue weighted by Crippen LogP contribution is -2.71. The number of carbonyl (C=O) groups excluding carboxylic acids is 2. The Bertz CT molecular complexity index is 1380. The van der Waals surface area contributed by atoms with Gasteiger partial charge in [0, 0.05) is 29.4 Å². The van der Waals surface area contributed by atoms with Crippen LogP contribution in [0.25, 0.3) is 0 Å². The van der Waals surface area contributed by atoms with Gasteiger partial charge in [0.1, 0.15) is 17.1 Å². The zero-order valence-electron chi connectivity index (χ0n) is 19.2. The zero-order valence-corrected chi connectivity index (χ0v) is 20.8. The average Bonchev–Trinajstić information content (AvgIpc) is 3.32. The molecule has 4 heterocycles. The number of hydrogen-bond donors (Lipinski definition) is 4. The fourth-order valence-corrected chi connectivity index (χ4v) is 5.38. The molecule has 0 bridgehead atoms. The van der Waals surface area contributed by atoms with Gasteiger partial charge in [-0.1, -0.05) is 11.2 Å². The number of β-lactam (4-membered cyclic amide) rings is 1. The Labute approximate surface area is 221 Å². The summed E-state index contributed by atoms with van der Waals surface area (Å²) >= 11 is 2.02. The van der Waals surface area contributed by atoms with Crippen molar-refractivity contribution in [3.05, 3.63) is 59.3 Å². The van der Waals surface area contributed by atoms with Gasteiger partial charge in [-0.15, -0.1) is 11.8 Å². The second-order valence-corrected chi connectivity index (χ2v) is 9.55. The summed E-state index contributed by atoms with van der Waals surface area (Å²) < 4.78 is 18.0. The fourth-order valence-electron chi connectivity index (χ4n) is 3.62. The standard InChI is InChI=1S/C21H18FN7O7S2/c22-9-36-26-12(15-25-21(23)38-27-15)16(30)24-13-17(31)29-14(20(34)35)11(8-37-18(13)29)2-1-5-28-6-3-10(4-7-28)19(32)33/h1-4,6-7,13,18H,5,8-9H2,(H4-,23,24,25,27,30,32,33,34,35)/p+1/b2-1+,26-12-/t13-,18+/m1/s1. The number of carboxylic acids is 2. The highest BCUT2D eigenvalue weighted by molar-refractivity contribution is 8.00. The van der Waals surface area contributed by atoms with E-state index in [2.05, 4.69) is 24.7 Å². The van der Waals surface area contributed by atoms with Crippen LogP contribution in [0.3, 0.4) is 0 Å². The summed E-state index contributed by atoms with van der Waals surface area (Å²) in [6.45, 7) is -0.991. The highest BCUT2D eigenvalue weighted by Gasteiger charge is 2.54. The maximum Gasteiger partial charge on any atom is 0.352 e. The molecule has 2 aromatic heterocycles. The number of pyridine rings is 1. The summed E-state index contributed by atoms with van der Waals surface area (Å²) in [4.78, 5) is 57.9. The number of fused-ring (bicyclic) bond motifs is 1. The second kappa shape index (κ2) is 11.3. The molecule has 2 aromatic rings. The van der Waals surface area contributed by atoms with E-state index in [0.717, 1.165) is 16.4 Å². The Morgan fingerprint density at radius 1 is 1.32 bits per heavy atom. The van der Waals surface area contributed by atoms with Gasteiger partial charge in [0.15, 0.2) is 24.1 Å². The van der Waals surface area contributed by atoms with Crippen molar-refractivity contribution in [1.29, 1.82) is 0 Å². The Kier molecular flexibility index (Phi) is 7.96. The fraction of sp³-hybridized carbons (Fsp3) is 0.238. The van der Waals surface area contributed by atoms with Crippen LogP contribution in [-0.4, -0.2) is 78.0 Å². The van der Waals surface area contributed by atoms with E-state index >= 15 is 0 Å². The number of halogens is 1. The number of allylic oxidation sites excluding steroid dienone is 2. The van der Waals surface area contributed by atoms with Gasteiger partial charge in [-0.25, -0.2) is 18.5 Å². The first-order valence-corrected chi connectivity index (χ1v) is 12.5. The number of aliphatic carboxylic acids is 1. The summed E-state index contributed by atoms with van der Waals surface area (Å²) in [5.41, 5.74) is 5.34. The lowest BCUT2D eigenvalue weighted by atomic mass is 10.0. The molecule has 2 atom stereocenters. The Balaban J connectivity index is 1.47. The second-order valence-electron chi connectivity index (χ2n) is 7.67. The van der Waals surface area contributed by atoms with E-state index < -0.39 is 47.7 Å². The molecular weight excluding hydrogens is 545 g/mol. The first-order chi connectivity index (χ1) is 18.2. The Morgan fingerprint density at radius 3 is 2.66 bits per heavy atom. The highest BCUT2D eigenvalue weighted by atomic mass is 32.2. The maximum absolute atomic E-state index is 12.9. The van der Waals surface area contributed by atoms with Gasteiger partial charge >= 0.3 is 11.9 Å². The summed E-state index contributed by atoms with van der Waals surface area (Å²) in [6.07, 6.45) is 6.41. The first kappa shape index (κ1) is 26.7. The van der Waals surface area contributed by atoms with E-state index in [1.165, 1.54) is 23.9 Å². The number of nitrogens with two attached hydrogens (primary N) is 1. The number of aromatic nitrogens is 3. The summed E-state index contributed by atoms with van der Waals surface area (Å²) in [7, 11) is 0. The minimum Gasteiger partial charge on any atom is -0.478 e. The number of alkyl halides is 1. The number of nitrogens with one attached hydrogen (secondary N) is 1. The van der Waals surface area contributed by atoms with Crippen LogP contribution in [0.5, 0.6) is 0 Å². The van der Waals surface area contributed by atoms with Crippen molar-refractivity contribution in [2.45, 2.75) is 18.0 Å². The molecule has 0 aromatic carbocycles. The molecule has 1 fully saturated rings.